The summed E-state index contributed by atoms with van der Waals surface area (Å²) in [5.41, 5.74) is 7.47. The number of anilines is 1. The van der Waals surface area contributed by atoms with Crippen LogP contribution in [-0.4, -0.2) is 17.9 Å². The molecule has 0 fully saturated rings. The van der Waals surface area contributed by atoms with Crippen molar-refractivity contribution in [2.45, 2.75) is 32.7 Å². The monoisotopic (exact) mass is 220 g/mol. The molecule has 0 spiro atoms. The van der Waals surface area contributed by atoms with E-state index in [-0.39, 0.29) is 5.91 Å². The summed E-state index contributed by atoms with van der Waals surface area (Å²) in [5.74, 6) is 0.207. The summed E-state index contributed by atoms with van der Waals surface area (Å²) in [6.07, 6.45) is 2.66. The molecule has 0 unspecified atom stereocenters. The Kier molecular flexibility index (Phi) is 4.83. The second kappa shape index (κ2) is 6.16. The third-order valence-corrected chi connectivity index (χ3v) is 2.57. The topological polar surface area (TPSA) is 46.3 Å². The van der Waals surface area contributed by atoms with E-state index in [1.54, 1.807) is 4.90 Å². The van der Waals surface area contributed by atoms with Gasteiger partial charge in [-0.2, -0.15) is 0 Å². The maximum absolute atomic E-state index is 11.7. The Bertz CT molecular complexity index is 332. The first kappa shape index (κ1) is 12.6. The lowest BCUT2D eigenvalue weighted by Gasteiger charge is -2.17. The van der Waals surface area contributed by atoms with Crippen molar-refractivity contribution in [1.29, 1.82) is 0 Å². The van der Waals surface area contributed by atoms with Crippen molar-refractivity contribution < 1.29 is 4.79 Å². The number of carbonyl (C=O) groups excluding carboxylic acids is 1. The average molecular weight is 220 g/mol. The molecule has 0 saturated carbocycles. The van der Waals surface area contributed by atoms with Crippen LogP contribution in [0, 0.1) is 0 Å². The van der Waals surface area contributed by atoms with Crippen LogP contribution >= 0.6 is 0 Å². The van der Waals surface area contributed by atoms with Crippen LogP contribution in [0.2, 0.25) is 0 Å². The maximum atomic E-state index is 11.7. The number of hydrogen-bond acceptors (Lipinski definition) is 2. The molecule has 1 aromatic carbocycles. The Morgan fingerprint density at radius 3 is 2.50 bits per heavy atom. The molecule has 1 amide bonds. The lowest BCUT2D eigenvalue weighted by Crippen LogP contribution is -2.25. The minimum absolute atomic E-state index is 0.207. The van der Waals surface area contributed by atoms with E-state index in [2.05, 4.69) is 6.92 Å². The summed E-state index contributed by atoms with van der Waals surface area (Å²) in [5, 5.41) is 0. The summed E-state index contributed by atoms with van der Waals surface area (Å²) >= 11 is 0. The van der Waals surface area contributed by atoms with E-state index >= 15 is 0 Å². The number of nitrogens with zero attached hydrogens (tertiary/aromatic N) is 1. The van der Waals surface area contributed by atoms with Gasteiger partial charge < -0.3 is 10.6 Å². The molecule has 3 heteroatoms. The number of rotatable bonds is 5. The van der Waals surface area contributed by atoms with Crippen LogP contribution in [0.15, 0.2) is 24.3 Å². The van der Waals surface area contributed by atoms with Gasteiger partial charge in [0, 0.05) is 25.7 Å². The molecular formula is C13H20N2O. The quantitative estimate of drug-likeness (QED) is 0.775. The third-order valence-electron chi connectivity index (χ3n) is 2.57. The summed E-state index contributed by atoms with van der Waals surface area (Å²) < 4.78 is 0. The maximum Gasteiger partial charge on any atom is 0.222 e. The van der Waals surface area contributed by atoms with E-state index in [0.29, 0.717) is 13.0 Å². The van der Waals surface area contributed by atoms with Crippen LogP contribution in [0.1, 0.15) is 31.7 Å². The van der Waals surface area contributed by atoms with Crippen molar-refractivity contribution in [3.63, 3.8) is 0 Å². The number of nitrogens with two attached hydrogens (primary N) is 1. The molecule has 0 aliphatic heterocycles. The van der Waals surface area contributed by atoms with Crippen LogP contribution in [0.25, 0.3) is 0 Å². The zero-order valence-electron chi connectivity index (χ0n) is 10.1. The Labute approximate surface area is 97.2 Å². The second-order valence-electron chi connectivity index (χ2n) is 4.09. The van der Waals surface area contributed by atoms with Gasteiger partial charge in [0.1, 0.15) is 0 Å². The van der Waals surface area contributed by atoms with Gasteiger partial charge in [-0.25, -0.2) is 0 Å². The van der Waals surface area contributed by atoms with Gasteiger partial charge in [-0.3, -0.25) is 4.79 Å². The van der Waals surface area contributed by atoms with Crippen LogP contribution in [-0.2, 0) is 11.3 Å². The normalized spacial score (nSPS) is 10.1. The number of nitrogen functional groups attached to an aromatic ring is 1. The van der Waals surface area contributed by atoms with Crippen molar-refractivity contribution in [1.82, 2.24) is 4.90 Å². The molecule has 16 heavy (non-hydrogen) atoms. The van der Waals surface area contributed by atoms with Crippen LogP contribution in [0.5, 0.6) is 0 Å². The average Bonchev–Trinajstić information content (AvgIpc) is 2.29. The molecule has 0 atom stereocenters. The number of amides is 1. The Hall–Kier alpha value is -1.51. The lowest BCUT2D eigenvalue weighted by atomic mass is 10.2. The van der Waals surface area contributed by atoms with E-state index < -0.39 is 0 Å². The zero-order chi connectivity index (χ0) is 12.0. The number of unbranched alkanes of at least 4 members (excludes halogenated alkanes) is 1. The summed E-state index contributed by atoms with van der Waals surface area (Å²) in [6.45, 7) is 2.75. The first-order valence-corrected chi connectivity index (χ1v) is 5.72. The van der Waals surface area contributed by atoms with Crippen molar-refractivity contribution in [2.24, 2.45) is 0 Å². The van der Waals surface area contributed by atoms with E-state index in [0.717, 1.165) is 24.1 Å². The SMILES string of the molecule is CCCCC(=O)N(C)Cc1ccc(N)cc1. The minimum Gasteiger partial charge on any atom is -0.399 e. The standard InChI is InChI=1S/C13H20N2O/c1-3-4-5-13(16)15(2)10-11-6-8-12(14)9-7-11/h6-9H,3-5,10,14H2,1-2H3. The molecule has 3 nitrogen and oxygen atoms in total. The first-order valence-electron chi connectivity index (χ1n) is 5.72. The van der Waals surface area contributed by atoms with Gasteiger partial charge in [0.25, 0.3) is 0 Å². The molecule has 88 valence electrons. The van der Waals surface area contributed by atoms with Crippen LogP contribution in [0.4, 0.5) is 5.69 Å². The van der Waals surface area contributed by atoms with Gasteiger partial charge in [0.15, 0.2) is 0 Å². The highest BCUT2D eigenvalue weighted by atomic mass is 16.2. The van der Waals surface area contributed by atoms with Gasteiger partial charge in [-0.15, -0.1) is 0 Å². The predicted molar refractivity (Wildman–Crippen MR) is 66.9 cm³/mol. The molecule has 0 aliphatic carbocycles. The fourth-order valence-electron chi connectivity index (χ4n) is 1.50. The molecule has 1 rings (SSSR count). The summed E-state index contributed by atoms with van der Waals surface area (Å²) in [4.78, 5) is 13.4. The minimum atomic E-state index is 0.207. The molecule has 0 bridgehead atoms. The lowest BCUT2D eigenvalue weighted by molar-refractivity contribution is -0.130. The Morgan fingerprint density at radius 2 is 1.94 bits per heavy atom. The molecule has 0 aliphatic rings. The van der Waals surface area contributed by atoms with Crippen molar-refractivity contribution in [3.05, 3.63) is 29.8 Å². The highest BCUT2D eigenvalue weighted by molar-refractivity contribution is 5.75. The molecular weight excluding hydrogens is 200 g/mol. The molecule has 0 radical (unpaired) electrons. The Balaban J connectivity index is 2.47. The second-order valence-corrected chi connectivity index (χ2v) is 4.09. The van der Waals surface area contributed by atoms with E-state index in [9.17, 15) is 4.79 Å². The summed E-state index contributed by atoms with van der Waals surface area (Å²) in [7, 11) is 1.84. The third kappa shape index (κ3) is 3.93. The van der Waals surface area contributed by atoms with Crippen molar-refractivity contribution >= 4 is 11.6 Å². The highest BCUT2D eigenvalue weighted by Crippen LogP contribution is 2.09. The molecule has 1 aromatic rings. The van der Waals surface area contributed by atoms with E-state index in [1.165, 1.54) is 0 Å². The Morgan fingerprint density at radius 1 is 1.31 bits per heavy atom. The number of benzene rings is 1. The number of hydrogen-bond donors (Lipinski definition) is 1. The van der Waals surface area contributed by atoms with Gasteiger partial charge in [0.05, 0.1) is 0 Å². The van der Waals surface area contributed by atoms with Crippen LogP contribution < -0.4 is 5.73 Å². The van der Waals surface area contributed by atoms with Gasteiger partial charge in [0.2, 0.25) is 5.91 Å². The van der Waals surface area contributed by atoms with E-state index in [4.69, 9.17) is 5.73 Å². The molecule has 0 aromatic heterocycles. The molecule has 0 heterocycles. The molecule has 2 N–H and O–H groups in total. The largest absolute Gasteiger partial charge is 0.399 e. The fraction of sp³-hybridized carbons (Fsp3) is 0.462. The molecule has 0 saturated heterocycles. The fourth-order valence-corrected chi connectivity index (χ4v) is 1.50. The predicted octanol–water partition coefficient (Wildman–Crippen LogP) is 2.42. The highest BCUT2D eigenvalue weighted by Gasteiger charge is 2.07. The van der Waals surface area contributed by atoms with Crippen molar-refractivity contribution in [2.75, 3.05) is 12.8 Å². The summed E-state index contributed by atoms with van der Waals surface area (Å²) in [6, 6.07) is 7.64. The zero-order valence-corrected chi connectivity index (χ0v) is 10.1. The first-order chi connectivity index (χ1) is 7.63. The van der Waals surface area contributed by atoms with Gasteiger partial charge in [-0.05, 0) is 24.1 Å². The van der Waals surface area contributed by atoms with E-state index in [1.807, 2.05) is 31.3 Å². The van der Waals surface area contributed by atoms with Gasteiger partial charge in [-0.1, -0.05) is 25.5 Å². The smallest absolute Gasteiger partial charge is 0.222 e. The van der Waals surface area contributed by atoms with Gasteiger partial charge >= 0.3 is 0 Å². The van der Waals surface area contributed by atoms with Crippen LogP contribution in [0.3, 0.4) is 0 Å². The van der Waals surface area contributed by atoms with Crippen molar-refractivity contribution in [3.8, 4) is 0 Å². The number of carbonyl (C=O) groups is 1.